The Kier molecular flexibility index (Phi) is 3.99. The molecule has 4 nitrogen and oxygen atoms in total. The van der Waals surface area contributed by atoms with Crippen molar-refractivity contribution in [2.75, 3.05) is 20.3 Å². The molecular formula is C17H16O4. The van der Waals surface area contributed by atoms with Gasteiger partial charge in [0, 0.05) is 16.7 Å². The Bertz CT molecular complexity index is 645. The van der Waals surface area contributed by atoms with Crippen LogP contribution in [0.25, 0.3) is 0 Å². The van der Waals surface area contributed by atoms with Crippen molar-refractivity contribution in [3.63, 3.8) is 0 Å². The van der Waals surface area contributed by atoms with Crippen molar-refractivity contribution in [3.8, 4) is 5.75 Å². The van der Waals surface area contributed by atoms with E-state index in [4.69, 9.17) is 14.2 Å². The minimum atomic E-state index is -0.372. The minimum Gasteiger partial charge on any atom is -0.497 e. The number of ether oxygens (including phenoxy) is 3. The highest BCUT2D eigenvalue weighted by Gasteiger charge is 2.19. The van der Waals surface area contributed by atoms with Gasteiger partial charge < -0.3 is 14.2 Å². The summed E-state index contributed by atoms with van der Waals surface area (Å²) in [6.45, 7) is 1.16. The molecule has 1 heterocycles. The fourth-order valence-corrected chi connectivity index (χ4v) is 2.31. The zero-order chi connectivity index (χ0) is 14.7. The Labute approximate surface area is 123 Å². The standard InChI is InChI=1S/C17H16O4/c1-19-15-7-3-5-13(11-15)16(18)12-4-2-6-14(10-12)17-20-8-9-21-17/h2-7,10-11,17H,8-9H2,1H3. The molecule has 0 aromatic heterocycles. The zero-order valence-corrected chi connectivity index (χ0v) is 11.7. The first-order chi connectivity index (χ1) is 10.3. The number of ketones is 1. The molecule has 0 saturated carbocycles. The fourth-order valence-electron chi connectivity index (χ4n) is 2.31. The lowest BCUT2D eigenvalue weighted by Crippen LogP contribution is -2.04. The minimum absolute atomic E-state index is 0.0475. The van der Waals surface area contributed by atoms with Crippen LogP contribution in [0.3, 0.4) is 0 Å². The maximum Gasteiger partial charge on any atom is 0.193 e. The number of benzene rings is 2. The first-order valence-corrected chi connectivity index (χ1v) is 6.80. The quantitative estimate of drug-likeness (QED) is 0.810. The molecule has 0 bridgehead atoms. The topological polar surface area (TPSA) is 44.8 Å². The average molecular weight is 284 g/mol. The van der Waals surface area contributed by atoms with E-state index in [0.29, 0.717) is 30.1 Å². The SMILES string of the molecule is COc1cccc(C(=O)c2cccc(C3OCCO3)c2)c1. The molecule has 1 fully saturated rings. The van der Waals surface area contributed by atoms with Crippen molar-refractivity contribution in [1.82, 2.24) is 0 Å². The van der Waals surface area contributed by atoms with Crippen LogP contribution in [0.1, 0.15) is 27.8 Å². The van der Waals surface area contributed by atoms with Crippen LogP contribution in [0.15, 0.2) is 48.5 Å². The summed E-state index contributed by atoms with van der Waals surface area (Å²) in [7, 11) is 1.58. The van der Waals surface area contributed by atoms with Gasteiger partial charge >= 0.3 is 0 Å². The Morgan fingerprint density at radius 2 is 1.71 bits per heavy atom. The third-order valence-corrected chi connectivity index (χ3v) is 3.37. The second-order valence-electron chi connectivity index (χ2n) is 4.76. The number of carbonyl (C=O) groups is 1. The van der Waals surface area contributed by atoms with Crippen LogP contribution in [0.4, 0.5) is 0 Å². The lowest BCUT2D eigenvalue weighted by molar-refractivity contribution is -0.0441. The smallest absolute Gasteiger partial charge is 0.193 e. The lowest BCUT2D eigenvalue weighted by atomic mass is 10.0. The van der Waals surface area contributed by atoms with Gasteiger partial charge in [-0.3, -0.25) is 4.79 Å². The molecule has 0 amide bonds. The molecule has 0 radical (unpaired) electrons. The molecule has 108 valence electrons. The maximum absolute atomic E-state index is 12.5. The molecule has 0 aliphatic carbocycles. The third-order valence-electron chi connectivity index (χ3n) is 3.37. The van der Waals surface area contributed by atoms with Gasteiger partial charge in [0.15, 0.2) is 12.1 Å². The molecule has 1 saturated heterocycles. The largest absolute Gasteiger partial charge is 0.497 e. The summed E-state index contributed by atoms with van der Waals surface area (Å²) in [4.78, 5) is 12.5. The zero-order valence-electron chi connectivity index (χ0n) is 11.7. The third kappa shape index (κ3) is 2.96. The summed E-state index contributed by atoms with van der Waals surface area (Å²) in [6.07, 6.45) is -0.372. The van der Waals surface area contributed by atoms with Gasteiger partial charge in [-0.05, 0) is 18.2 Å². The van der Waals surface area contributed by atoms with Crippen molar-refractivity contribution in [3.05, 3.63) is 65.2 Å². The Balaban J connectivity index is 1.88. The summed E-state index contributed by atoms with van der Waals surface area (Å²) >= 11 is 0. The Morgan fingerprint density at radius 1 is 1.05 bits per heavy atom. The monoisotopic (exact) mass is 284 g/mol. The van der Waals surface area contributed by atoms with Gasteiger partial charge in [0.2, 0.25) is 0 Å². The second kappa shape index (κ2) is 6.08. The lowest BCUT2D eigenvalue weighted by Gasteiger charge is -2.10. The first-order valence-electron chi connectivity index (χ1n) is 6.80. The highest BCUT2D eigenvalue weighted by atomic mass is 16.7. The van der Waals surface area contributed by atoms with Gasteiger partial charge in [0.05, 0.1) is 20.3 Å². The molecule has 0 unspecified atom stereocenters. The van der Waals surface area contributed by atoms with Crippen LogP contribution < -0.4 is 4.74 Å². The van der Waals surface area contributed by atoms with Crippen LogP contribution in [-0.4, -0.2) is 26.1 Å². The van der Waals surface area contributed by atoms with Crippen molar-refractivity contribution in [1.29, 1.82) is 0 Å². The molecule has 3 rings (SSSR count). The van der Waals surface area contributed by atoms with E-state index in [-0.39, 0.29) is 12.1 Å². The molecule has 0 atom stereocenters. The van der Waals surface area contributed by atoms with Gasteiger partial charge in [-0.2, -0.15) is 0 Å². The predicted octanol–water partition coefficient (Wildman–Crippen LogP) is 2.97. The Hall–Kier alpha value is -2.17. The molecule has 1 aliphatic heterocycles. The van der Waals surface area contributed by atoms with E-state index in [9.17, 15) is 4.79 Å². The van der Waals surface area contributed by atoms with E-state index in [0.717, 1.165) is 5.56 Å². The second-order valence-corrected chi connectivity index (χ2v) is 4.76. The molecule has 4 heteroatoms. The highest BCUT2D eigenvalue weighted by Crippen LogP contribution is 2.25. The fraction of sp³-hybridized carbons (Fsp3) is 0.235. The molecule has 0 N–H and O–H groups in total. The number of hydrogen-bond acceptors (Lipinski definition) is 4. The van der Waals surface area contributed by atoms with Crippen molar-refractivity contribution in [2.24, 2.45) is 0 Å². The highest BCUT2D eigenvalue weighted by molar-refractivity contribution is 6.09. The molecule has 2 aromatic carbocycles. The van der Waals surface area contributed by atoms with Gasteiger partial charge in [-0.1, -0.05) is 30.3 Å². The van der Waals surface area contributed by atoms with E-state index in [2.05, 4.69) is 0 Å². The van der Waals surface area contributed by atoms with E-state index in [1.165, 1.54) is 0 Å². The molecule has 0 spiro atoms. The van der Waals surface area contributed by atoms with Gasteiger partial charge in [0.1, 0.15) is 5.75 Å². The summed E-state index contributed by atoms with van der Waals surface area (Å²) in [5.41, 5.74) is 2.07. The predicted molar refractivity (Wildman–Crippen MR) is 77.5 cm³/mol. The van der Waals surface area contributed by atoms with Crippen LogP contribution in [0.2, 0.25) is 0 Å². The van der Waals surface area contributed by atoms with Gasteiger partial charge in [-0.25, -0.2) is 0 Å². The summed E-state index contributed by atoms with van der Waals surface area (Å²) in [5.74, 6) is 0.619. The maximum atomic E-state index is 12.5. The number of carbonyl (C=O) groups excluding carboxylic acids is 1. The average Bonchev–Trinajstić information content (AvgIpc) is 3.09. The molecular weight excluding hydrogens is 268 g/mol. The number of methoxy groups -OCH3 is 1. The first kappa shape index (κ1) is 13.8. The van der Waals surface area contributed by atoms with Crippen molar-refractivity contribution >= 4 is 5.78 Å². The molecule has 2 aromatic rings. The van der Waals surface area contributed by atoms with Crippen molar-refractivity contribution < 1.29 is 19.0 Å². The molecule has 21 heavy (non-hydrogen) atoms. The summed E-state index contributed by atoms with van der Waals surface area (Å²) in [6, 6.07) is 14.5. The van der Waals surface area contributed by atoms with Crippen molar-refractivity contribution in [2.45, 2.75) is 6.29 Å². The van der Waals surface area contributed by atoms with Crippen LogP contribution in [0, 0.1) is 0 Å². The summed E-state index contributed by atoms with van der Waals surface area (Å²) in [5, 5.41) is 0. The van der Waals surface area contributed by atoms with E-state index in [1.807, 2.05) is 24.3 Å². The number of hydrogen-bond donors (Lipinski definition) is 0. The van der Waals surface area contributed by atoms with Gasteiger partial charge in [-0.15, -0.1) is 0 Å². The number of rotatable bonds is 4. The van der Waals surface area contributed by atoms with Crippen LogP contribution >= 0.6 is 0 Å². The summed E-state index contributed by atoms with van der Waals surface area (Å²) < 4.78 is 16.1. The van der Waals surface area contributed by atoms with Crippen LogP contribution in [0.5, 0.6) is 5.75 Å². The van der Waals surface area contributed by atoms with E-state index >= 15 is 0 Å². The van der Waals surface area contributed by atoms with E-state index < -0.39 is 0 Å². The molecule has 1 aliphatic rings. The Morgan fingerprint density at radius 3 is 2.43 bits per heavy atom. The van der Waals surface area contributed by atoms with Gasteiger partial charge in [0.25, 0.3) is 0 Å². The van der Waals surface area contributed by atoms with E-state index in [1.54, 1.807) is 31.4 Å². The van der Waals surface area contributed by atoms with Crippen LogP contribution in [-0.2, 0) is 9.47 Å². The normalized spacial score (nSPS) is 15.1.